The van der Waals surface area contributed by atoms with Crippen LogP contribution in [0.3, 0.4) is 0 Å². The van der Waals surface area contributed by atoms with Crippen molar-refractivity contribution in [1.29, 1.82) is 5.26 Å². The molecule has 1 unspecified atom stereocenters. The predicted octanol–water partition coefficient (Wildman–Crippen LogP) is 3.58. The molecule has 1 aromatic rings. The fourth-order valence-corrected chi connectivity index (χ4v) is 3.17. The van der Waals surface area contributed by atoms with Gasteiger partial charge in [0.15, 0.2) is 11.6 Å². The normalized spacial score (nSPS) is 17.7. The van der Waals surface area contributed by atoms with Crippen LogP contribution >= 0.6 is 11.6 Å². The highest BCUT2D eigenvalue weighted by Crippen LogP contribution is 2.42. The van der Waals surface area contributed by atoms with Gasteiger partial charge in [-0.25, -0.2) is 9.37 Å². The van der Waals surface area contributed by atoms with Crippen LogP contribution < -0.4 is 5.32 Å². The van der Waals surface area contributed by atoms with E-state index in [1.807, 2.05) is 6.92 Å². The molecule has 0 aromatic carbocycles. The van der Waals surface area contributed by atoms with Gasteiger partial charge in [0.1, 0.15) is 11.2 Å². The van der Waals surface area contributed by atoms with Crippen molar-refractivity contribution in [1.82, 2.24) is 4.98 Å². The maximum atomic E-state index is 14.0. The Bertz CT molecular complexity index is 624. The monoisotopic (exact) mass is 325 g/mol. The van der Waals surface area contributed by atoms with Gasteiger partial charge in [-0.1, -0.05) is 31.4 Å². The van der Waals surface area contributed by atoms with Crippen LogP contribution in [0.4, 0.5) is 10.2 Å². The number of carbonyl (C=O) groups is 1. The summed E-state index contributed by atoms with van der Waals surface area (Å²) in [4.78, 5) is 15.0. The number of halogens is 2. The zero-order valence-electron chi connectivity index (χ0n) is 12.2. The van der Waals surface area contributed by atoms with E-state index in [9.17, 15) is 9.18 Å². The van der Waals surface area contributed by atoms with Gasteiger partial charge in [0.05, 0.1) is 12.0 Å². The molecule has 7 heteroatoms. The highest BCUT2D eigenvalue weighted by atomic mass is 35.5. The second kappa shape index (κ2) is 6.49. The first-order valence-corrected chi connectivity index (χ1v) is 7.48. The van der Waals surface area contributed by atoms with E-state index >= 15 is 0 Å². The molecule has 1 heterocycles. The fourth-order valence-electron chi connectivity index (χ4n) is 2.99. The molecule has 0 saturated heterocycles. The molecule has 2 rings (SSSR count). The maximum absolute atomic E-state index is 14.0. The maximum Gasteiger partial charge on any atom is 0.305 e. The summed E-state index contributed by atoms with van der Waals surface area (Å²) in [5.74, 6) is -1.77. The minimum Gasteiger partial charge on any atom is -0.481 e. The number of carboxylic acids is 1. The van der Waals surface area contributed by atoms with Crippen molar-refractivity contribution in [3.63, 3.8) is 0 Å². The Hall–Kier alpha value is -1.87. The van der Waals surface area contributed by atoms with Crippen LogP contribution in [0.2, 0.25) is 5.15 Å². The second-order valence-electron chi connectivity index (χ2n) is 5.92. The van der Waals surface area contributed by atoms with E-state index < -0.39 is 17.8 Å². The van der Waals surface area contributed by atoms with Crippen LogP contribution in [0.15, 0.2) is 6.07 Å². The molecule has 0 aliphatic heterocycles. The number of nitrogens with one attached hydrogen (secondary N) is 1. The third-order valence-electron chi connectivity index (χ3n) is 4.33. The standard InChI is InChI=1S/C15H17ClFN3O2/c1-15(4-2-3-5-15)11(7-12(21)22)19-14-10(17)6-9(8-18)13(16)20-14/h6,11H,2-5,7H2,1H3,(H,19,20)(H,21,22). The van der Waals surface area contributed by atoms with Gasteiger partial charge >= 0.3 is 5.97 Å². The van der Waals surface area contributed by atoms with Gasteiger partial charge in [-0.15, -0.1) is 0 Å². The molecule has 1 aromatic heterocycles. The van der Waals surface area contributed by atoms with Crippen LogP contribution in [0.5, 0.6) is 0 Å². The van der Waals surface area contributed by atoms with Gasteiger partial charge in [-0.05, 0) is 24.3 Å². The Morgan fingerprint density at radius 1 is 1.64 bits per heavy atom. The number of nitrogens with zero attached hydrogens (tertiary/aromatic N) is 2. The van der Waals surface area contributed by atoms with Gasteiger partial charge < -0.3 is 10.4 Å². The number of hydrogen-bond donors (Lipinski definition) is 2. The summed E-state index contributed by atoms with van der Waals surface area (Å²) in [5, 5.41) is 20.7. The number of carboxylic acid groups (broad SMARTS) is 1. The zero-order chi connectivity index (χ0) is 16.3. The van der Waals surface area contributed by atoms with Crippen molar-refractivity contribution in [2.45, 2.75) is 45.1 Å². The van der Waals surface area contributed by atoms with Gasteiger partial charge in [-0.3, -0.25) is 4.79 Å². The fraction of sp³-hybridized carbons (Fsp3) is 0.533. The Labute approximate surface area is 133 Å². The van der Waals surface area contributed by atoms with E-state index in [2.05, 4.69) is 10.3 Å². The second-order valence-corrected chi connectivity index (χ2v) is 6.28. The van der Waals surface area contributed by atoms with E-state index in [1.54, 1.807) is 6.07 Å². The molecule has 2 N–H and O–H groups in total. The average molecular weight is 326 g/mol. The van der Waals surface area contributed by atoms with Crippen molar-refractivity contribution in [3.05, 3.63) is 22.6 Å². The van der Waals surface area contributed by atoms with Gasteiger partial charge in [-0.2, -0.15) is 5.26 Å². The van der Waals surface area contributed by atoms with Crippen LogP contribution in [0, 0.1) is 22.6 Å². The average Bonchev–Trinajstić information content (AvgIpc) is 2.89. The molecule has 5 nitrogen and oxygen atoms in total. The first-order chi connectivity index (χ1) is 10.4. The van der Waals surface area contributed by atoms with Crippen molar-refractivity contribution in [2.24, 2.45) is 5.41 Å². The predicted molar refractivity (Wildman–Crippen MR) is 80.2 cm³/mol. The molecule has 1 fully saturated rings. The van der Waals surface area contributed by atoms with Crippen molar-refractivity contribution >= 4 is 23.4 Å². The smallest absolute Gasteiger partial charge is 0.305 e. The van der Waals surface area contributed by atoms with Crippen LogP contribution in [0.25, 0.3) is 0 Å². The molecule has 0 amide bonds. The summed E-state index contributed by atoms with van der Waals surface area (Å²) in [5.41, 5.74) is -0.279. The number of hydrogen-bond acceptors (Lipinski definition) is 4. The molecule has 1 aliphatic rings. The minimum atomic E-state index is -0.953. The quantitative estimate of drug-likeness (QED) is 0.808. The molecule has 1 saturated carbocycles. The molecule has 0 bridgehead atoms. The summed E-state index contributed by atoms with van der Waals surface area (Å²) in [6.45, 7) is 2.00. The summed E-state index contributed by atoms with van der Waals surface area (Å²) >= 11 is 5.83. The Balaban J connectivity index is 2.29. The SMILES string of the molecule is CC1(C(CC(=O)O)Nc2nc(Cl)c(C#N)cc2F)CCCC1. The van der Waals surface area contributed by atoms with E-state index in [4.69, 9.17) is 22.0 Å². The number of anilines is 1. The van der Waals surface area contributed by atoms with Crippen molar-refractivity contribution < 1.29 is 14.3 Å². The molecule has 1 atom stereocenters. The Morgan fingerprint density at radius 2 is 2.27 bits per heavy atom. The number of pyridine rings is 1. The topological polar surface area (TPSA) is 86.0 Å². The van der Waals surface area contributed by atoms with E-state index in [0.29, 0.717) is 0 Å². The highest BCUT2D eigenvalue weighted by molar-refractivity contribution is 6.30. The highest BCUT2D eigenvalue weighted by Gasteiger charge is 2.38. The number of aromatic nitrogens is 1. The largest absolute Gasteiger partial charge is 0.481 e. The van der Waals surface area contributed by atoms with Crippen LogP contribution in [-0.4, -0.2) is 22.1 Å². The number of rotatable bonds is 5. The lowest BCUT2D eigenvalue weighted by atomic mass is 9.79. The summed E-state index contributed by atoms with van der Waals surface area (Å²) in [7, 11) is 0. The molecule has 118 valence electrons. The third kappa shape index (κ3) is 3.47. The molecular formula is C15H17ClFN3O2. The zero-order valence-corrected chi connectivity index (χ0v) is 13.0. The lowest BCUT2D eigenvalue weighted by molar-refractivity contribution is -0.137. The first kappa shape index (κ1) is 16.5. The number of nitriles is 1. The lowest BCUT2D eigenvalue weighted by Gasteiger charge is -2.34. The molecular weight excluding hydrogens is 309 g/mol. The molecule has 0 spiro atoms. The summed E-state index contributed by atoms with van der Waals surface area (Å²) in [6, 6.07) is 2.32. The molecule has 0 radical (unpaired) electrons. The van der Waals surface area contributed by atoms with Crippen molar-refractivity contribution in [3.8, 4) is 6.07 Å². The molecule has 1 aliphatic carbocycles. The van der Waals surface area contributed by atoms with E-state index in [0.717, 1.165) is 31.7 Å². The van der Waals surface area contributed by atoms with Gasteiger partial charge in [0, 0.05) is 6.04 Å². The molecule has 22 heavy (non-hydrogen) atoms. The summed E-state index contributed by atoms with van der Waals surface area (Å²) in [6.07, 6.45) is 3.68. The Kier molecular flexibility index (Phi) is 4.87. The number of aliphatic carboxylic acids is 1. The summed E-state index contributed by atoms with van der Waals surface area (Å²) < 4.78 is 14.0. The minimum absolute atomic E-state index is 0.0495. The van der Waals surface area contributed by atoms with Crippen molar-refractivity contribution in [2.75, 3.05) is 5.32 Å². The van der Waals surface area contributed by atoms with Gasteiger partial charge in [0.25, 0.3) is 0 Å². The van der Waals surface area contributed by atoms with Gasteiger partial charge in [0.2, 0.25) is 0 Å². The third-order valence-corrected chi connectivity index (χ3v) is 4.61. The van der Waals surface area contributed by atoms with E-state index in [1.165, 1.54) is 0 Å². The van der Waals surface area contributed by atoms with Crippen LogP contribution in [0.1, 0.15) is 44.6 Å². The Morgan fingerprint density at radius 3 is 2.82 bits per heavy atom. The lowest BCUT2D eigenvalue weighted by Crippen LogP contribution is -2.39. The van der Waals surface area contributed by atoms with Crippen LogP contribution in [-0.2, 0) is 4.79 Å². The van der Waals surface area contributed by atoms with E-state index in [-0.39, 0.29) is 28.4 Å². The first-order valence-electron chi connectivity index (χ1n) is 7.10.